The number of piperidine rings is 1. The summed E-state index contributed by atoms with van der Waals surface area (Å²) in [6.45, 7) is 3.35. The molecule has 0 saturated carbocycles. The fourth-order valence-electron chi connectivity index (χ4n) is 3.47. The number of hydrogen-bond donors (Lipinski definition) is 2. The second kappa shape index (κ2) is 8.15. The number of likely N-dealkylation sites (tertiary alicyclic amines) is 1. The minimum atomic E-state index is -1.49. The lowest BCUT2D eigenvalue weighted by Gasteiger charge is -2.38. The number of aryl methyl sites for hydroxylation is 1. The summed E-state index contributed by atoms with van der Waals surface area (Å²) >= 11 is 0. The van der Waals surface area contributed by atoms with Gasteiger partial charge in [-0.25, -0.2) is 8.78 Å². The molecule has 0 unspecified atom stereocenters. The fourth-order valence-corrected chi connectivity index (χ4v) is 3.47. The number of nitrogens with zero attached hydrogens (tertiary/aromatic N) is 1. The highest BCUT2D eigenvalue weighted by molar-refractivity contribution is 5.86. The predicted molar refractivity (Wildman–Crippen MR) is 98.8 cm³/mol. The minimum absolute atomic E-state index is 0.147. The minimum Gasteiger partial charge on any atom is -0.379 e. The molecule has 1 aliphatic rings. The molecule has 0 aromatic heterocycles. The van der Waals surface area contributed by atoms with Crippen molar-refractivity contribution in [1.29, 1.82) is 0 Å². The highest BCUT2D eigenvalue weighted by Crippen LogP contribution is 2.24. The largest absolute Gasteiger partial charge is 0.379 e. The number of hydrogen-bond acceptors (Lipinski definition) is 3. The highest BCUT2D eigenvalue weighted by atomic mass is 19.2. The van der Waals surface area contributed by atoms with Crippen molar-refractivity contribution in [2.75, 3.05) is 13.1 Å². The van der Waals surface area contributed by atoms with Crippen LogP contribution in [0.4, 0.5) is 8.78 Å². The third-order valence-corrected chi connectivity index (χ3v) is 4.89. The Morgan fingerprint density at radius 3 is 2.70 bits per heavy atom. The summed E-state index contributed by atoms with van der Waals surface area (Å²) in [5.41, 5.74) is 1.25. The van der Waals surface area contributed by atoms with Gasteiger partial charge in [0.15, 0.2) is 17.2 Å². The molecule has 0 radical (unpaired) electrons. The Labute approximate surface area is 157 Å². The lowest BCUT2D eigenvalue weighted by molar-refractivity contribution is -0.157. The number of carbonyl (C=O) groups is 1. The summed E-state index contributed by atoms with van der Waals surface area (Å²) in [7, 11) is 0. The van der Waals surface area contributed by atoms with E-state index in [9.17, 15) is 18.7 Å². The monoisotopic (exact) mass is 374 g/mol. The van der Waals surface area contributed by atoms with Crippen molar-refractivity contribution < 1.29 is 18.7 Å². The first-order valence-corrected chi connectivity index (χ1v) is 9.09. The van der Waals surface area contributed by atoms with Crippen LogP contribution in [0.25, 0.3) is 0 Å². The van der Waals surface area contributed by atoms with E-state index in [1.54, 1.807) is 0 Å². The van der Waals surface area contributed by atoms with Crippen LogP contribution >= 0.6 is 0 Å². The van der Waals surface area contributed by atoms with Gasteiger partial charge in [0.25, 0.3) is 5.91 Å². The summed E-state index contributed by atoms with van der Waals surface area (Å²) < 4.78 is 26.5. The number of aliphatic hydroxyl groups is 1. The molecular formula is C21H24F2N2O2. The van der Waals surface area contributed by atoms with Gasteiger partial charge >= 0.3 is 0 Å². The van der Waals surface area contributed by atoms with Crippen LogP contribution in [0, 0.1) is 18.6 Å². The van der Waals surface area contributed by atoms with Crippen LogP contribution in [0.15, 0.2) is 42.5 Å². The quantitative estimate of drug-likeness (QED) is 0.818. The summed E-state index contributed by atoms with van der Waals surface area (Å²) in [6.07, 6.45) is 1.03. The maximum atomic E-state index is 13.4. The smallest absolute Gasteiger partial charge is 0.256 e. The average Bonchev–Trinajstić information content (AvgIpc) is 2.62. The lowest BCUT2D eigenvalue weighted by atomic mass is 9.91. The van der Waals surface area contributed by atoms with Crippen molar-refractivity contribution in [2.24, 2.45) is 0 Å². The Morgan fingerprint density at radius 1 is 1.15 bits per heavy atom. The molecule has 144 valence electrons. The van der Waals surface area contributed by atoms with E-state index < -0.39 is 17.2 Å². The number of halogens is 2. The zero-order valence-corrected chi connectivity index (χ0v) is 15.3. The fraction of sp³-hybridized carbons (Fsp3) is 0.381. The molecule has 6 heteroatoms. The van der Waals surface area contributed by atoms with Crippen LogP contribution in [0.2, 0.25) is 0 Å². The predicted octanol–water partition coefficient (Wildman–Crippen LogP) is 2.92. The molecule has 0 spiro atoms. The summed E-state index contributed by atoms with van der Waals surface area (Å²) in [5, 5.41) is 14.0. The summed E-state index contributed by atoms with van der Waals surface area (Å²) in [5.74, 6) is -2.23. The van der Waals surface area contributed by atoms with Gasteiger partial charge in [-0.1, -0.05) is 35.9 Å². The van der Waals surface area contributed by atoms with Gasteiger partial charge in [-0.15, -0.1) is 0 Å². The van der Waals surface area contributed by atoms with Crippen LogP contribution in [0.1, 0.15) is 29.5 Å². The maximum Gasteiger partial charge on any atom is 0.256 e. The maximum absolute atomic E-state index is 13.4. The van der Waals surface area contributed by atoms with Crippen molar-refractivity contribution >= 4 is 5.91 Å². The zero-order chi connectivity index (χ0) is 19.4. The van der Waals surface area contributed by atoms with E-state index in [1.807, 2.05) is 25.1 Å². The third-order valence-electron chi connectivity index (χ3n) is 4.89. The van der Waals surface area contributed by atoms with Crippen LogP contribution in [-0.2, 0) is 17.9 Å². The van der Waals surface area contributed by atoms with Gasteiger partial charge in [-0.05, 0) is 43.0 Å². The van der Waals surface area contributed by atoms with E-state index in [-0.39, 0.29) is 19.0 Å². The van der Waals surface area contributed by atoms with Crippen LogP contribution in [-0.4, -0.2) is 34.6 Å². The molecule has 4 nitrogen and oxygen atoms in total. The van der Waals surface area contributed by atoms with E-state index in [0.29, 0.717) is 31.5 Å². The number of carbonyl (C=O) groups excluding carboxylic acids is 1. The number of rotatable bonds is 6. The molecule has 3 rings (SSSR count). The van der Waals surface area contributed by atoms with Crippen LogP contribution < -0.4 is 5.32 Å². The van der Waals surface area contributed by atoms with Gasteiger partial charge in [0.2, 0.25) is 0 Å². The molecule has 1 heterocycles. The van der Waals surface area contributed by atoms with E-state index in [2.05, 4.69) is 11.4 Å². The summed E-state index contributed by atoms with van der Waals surface area (Å²) in [4.78, 5) is 14.3. The lowest BCUT2D eigenvalue weighted by Crippen LogP contribution is -2.57. The second-order valence-corrected chi connectivity index (χ2v) is 7.20. The van der Waals surface area contributed by atoms with E-state index in [1.165, 1.54) is 11.0 Å². The third kappa shape index (κ3) is 4.70. The molecule has 1 amide bonds. The molecule has 1 saturated heterocycles. The van der Waals surface area contributed by atoms with Crippen molar-refractivity contribution in [1.82, 2.24) is 10.2 Å². The Morgan fingerprint density at radius 2 is 1.96 bits per heavy atom. The van der Waals surface area contributed by atoms with E-state index in [0.717, 1.165) is 23.3 Å². The van der Waals surface area contributed by atoms with Crippen molar-refractivity contribution in [3.05, 3.63) is 70.8 Å². The van der Waals surface area contributed by atoms with Crippen molar-refractivity contribution in [2.45, 2.75) is 38.5 Å². The van der Waals surface area contributed by atoms with E-state index >= 15 is 0 Å². The van der Waals surface area contributed by atoms with E-state index in [4.69, 9.17) is 0 Å². The molecule has 1 fully saturated rings. The van der Waals surface area contributed by atoms with Crippen molar-refractivity contribution in [3.63, 3.8) is 0 Å². The molecule has 1 aliphatic heterocycles. The summed E-state index contributed by atoms with van der Waals surface area (Å²) in [6, 6.07) is 11.6. The van der Waals surface area contributed by atoms with Gasteiger partial charge in [-0.3, -0.25) is 4.79 Å². The first-order chi connectivity index (χ1) is 12.9. The molecule has 27 heavy (non-hydrogen) atoms. The molecule has 1 atom stereocenters. The van der Waals surface area contributed by atoms with Gasteiger partial charge in [0.1, 0.15) is 0 Å². The number of benzene rings is 2. The second-order valence-electron chi connectivity index (χ2n) is 7.20. The molecule has 0 bridgehead atoms. The Kier molecular flexibility index (Phi) is 5.87. The number of nitrogens with one attached hydrogen (secondary N) is 1. The average molecular weight is 374 g/mol. The topological polar surface area (TPSA) is 52.6 Å². The molecule has 2 aromatic carbocycles. The van der Waals surface area contributed by atoms with Crippen molar-refractivity contribution in [3.8, 4) is 0 Å². The zero-order valence-electron chi connectivity index (χ0n) is 15.3. The molecule has 0 aliphatic carbocycles. The Bertz CT molecular complexity index is 828. The SMILES string of the molecule is Cc1cccc(CNC[C@@]2(O)CCCN(Cc3ccc(F)c(F)c3)C2=O)c1. The normalized spacial score (nSPS) is 20.1. The number of amides is 1. The van der Waals surface area contributed by atoms with Crippen LogP contribution in [0.3, 0.4) is 0 Å². The van der Waals surface area contributed by atoms with Gasteiger partial charge in [0.05, 0.1) is 0 Å². The van der Waals surface area contributed by atoms with Gasteiger partial charge in [-0.2, -0.15) is 0 Å². The molecule has 2 aromatic rings. The standard InChI is InChI=1S/C21H24F2N2O2/c1-15-4-2-5-16(10-15)12-24-14-21(27)8-3-9-25(20(21)26)13-17-6-7-18(22)19(23)11-17/h2,4-7,10-11,24,27H,3,8-9,12-14H2,1H3/t21-/m0/s1. The Hall–Kier alpha value is -2.31. The van der Waals surface area contributed by atoms with Crippen LogP contribution in [0.5, 0.6) is 0 Å². The first-order valence-electron chi connectivity index (χ1n) is 9.09. The highest BCUT2D eigenvalue weighted by Gasteiger charge is 2.41. The van der Waals surface area contributed by atoms with Gasteiger partial charge in [0, 0.05) is 26.2 Å². The molecule has 2 N–H and O–H groups in total. The van der Waals surface area contributed by atoms with Gasteiger partial charge < -0.3 is 15.3 Å². The Balaban J connectivity index is 1.61. The molecular weight excluding hydrogens is 350 g/mol. The first kappa shape index (κ1) is 19.5.